The zero-order valence-corrected chi connectivity index (χ0v) is 13.6. The SMILES string of the molecule is O=C(c1cnc2c(cnn2Cc2ccccc2)c1)N1CCCCC1. The summed E-state index contributed by atoms with van der Waals surface area (Å²) in [5, 5.41) is 5.34. The van der Waals surface area contributed by atoms with Crippen LogP contribution in [-0.2, 0) is 6.54 Å². The summed E-state index contributed by atoms with van der Waals surface area (Å²) in [6.07, 6.45) is 6.88. The average molecular weight is 320 g/mol. The Morgan fingerprint density at radius 2 is 1.83 bits per heavy atom. The number of likely N-dealkylation sites (tertiary alicyclic amines) is 1. The second-order valence-electron chi connectivity index (χ2n) is 6.28. The fourth-order valence-corrected chi connectivity index (χ4v) is 3.24. The smallest absolute Gasteiger partial charge is 0.255 e. The van der Waals surface area contributed by atoms with Crippen molar-refractivity contribution in [3.05, 3.63) is 59.9 Å². The molecule has 122 valence electrons. The Morgan fingerprint density at radius 3 is 2.62 bits per heavy atom. The maximum Gasteiger partial charge on any atom is 0.255 e. The van der Waals surface area contributed by atoms with E-state index >= 15 is 0 Å². The average Bonchev–Trinajstić information content (AvgIpc) is 3.05. The van der Waals surface area contributed by atoms with Crippen molar-refractivity contribution >= 4 is 16.9 Å². The number of benzene rings is 1. The highest BCUT2D eigenvalue weighted by molar-refractivity contribution is 5.96. The number of aromatic nitrogens is 3. The van der Waals surface area contributed by atoms with Gasteiger partial charge >= 0.3 is 0 Å². The van der Waals surface area contributed by atoms with Gasteiger partial charge in [0, 0.05) is 24.7 Å². The molecule has 0 saturated carbocycles. The van der Waals surface area contributed by atoms with Gasteiger partial charge in [-0.15, -0.1) is 0 Å². The van der Waals surface area contributed by atoms with Crippen LogP contribution in [0, 0.1) is 0 Å². The van der Waals surface area contributed by atoms with E-state index in [9.17, 15) is 4.79 Å². The van der Waals surface area contributed by atoms with Gasteiger partial charge < -0.3 is 4.90 Å². The number of amides is 1. The van der Waals surface area contributed by atoms with Gasteiger partial charge in [0.15, 0.2) is 5.65 Å². The lowest BCUT2D eigenvalue weighted by molar-refractivity contribution is 0.0724. The monoisotopic (exact) mass is 320 g/mol. The predicted molar refractivity (Wildman–Crippen MR) is 92.8 cm³/mol. The van der Waals surface area contributed by atoms with Crippen molar-refractivity contribution in [2.45, 2.75) is 25.8 Å². The van der Waals surface area contributed by atoms with Crippen LogP contribution in [-0.4, -0.2) is 38.7 Å². The molecule has 1 aromatic carbocycles. The Kier molecular flexibility index (Phi) is 3.99. The molecule has 3 heterocycles. The Bertz CT molecular complexity index is 850. The van der Waals surface area contributed by atoms with E-state index < -0.39 is 0 Å². The largest absolute Gasteiger partial charge is 0.339 e. The normalized spacial score (nSPS) is 14.9. The molecule has 0 atom stereocenters. The van der Waals surface area contributed by atoms with E-state index in [0.717, 1.165) is 37.0 Å². The van der Waals surface area contributed by atoms with E-state index in [4.69, 9.17) is 0 Å². The first-order valence-electron chi connectivity index (χ1n) is 8.46. The van der Waals surface area contributed by atoms with Crippen LogP contribution in [0.3, 0.4) is 0 Å². The van der Waals surface area contributed by atoms with Crippen molar-refractivity contribution in [1.29, 1.82) is 0 Å². The Hall–Kier alpha value is -2.69. The number of nitrogens with zero attached hydrogens (tertiary/aromatic N) is 4. The van der Waals surface area contributed by atoms with Gasteiger partial charge in [0.05, 0.1) is 18.3 Å². The fraction of sp³-hybridized carbons (Fsp3) is 0.316. The predicted octanol–water partition coefficient (Wildman–Crippen LogP) is 3.11. The highest BCUT2D eigenvalue weighted by atomic mass is 16.2. The molecule has 0 unspecified atom stereocenters. The van der Waals surface area contributed by atoms with Crippen molar-refractivity contribution in [1.82, 2.24) is 19.7 Å². The summed E-state index contributed by atoms with van der Waals surface area (Å²) in [5.74, 6) is 0.0832. The highest BCUT2D eigenvalue weighted by Crippen LogP contribution is 2.18. The van der Waals surface area contributed by atoms with Gasteiger partial charge in [-0.3, -0.25) is 4.79 Å². The van der Waals surface area contributed by atoms with Crippen LogP contribution >= 0.6 is 0 Å². The molecule has 5 nitrogen and oxygen atoms in total. The second kappa shape index (κ2) is 6.43. The lowest BCUT2D eigenvalue weighted by Crippen LogP contribution is -2.35. The molecule has 0 spiro atoms. The van der Waals surface area contributed by atoms with Crippen LogP contribution in [0.5, 0.6) is 0 Å². The molecule has 0 aliphatic carbocycles. The maximum absolute atomic E-state index is 12.6. The van der Waals surface area contributed by atoms with Crippen LogP contribution in [0.4, 0.5) is 0 Å². The molecule has 24 heavy (non-hydrogen) atoms. The summed E-state index contributed by atoms with van der Waals surface area (Å²) in [4.78, 5) is 19.0. The van der Waals surface area contributed by atoms with Gasteiger partial charge in [-0.1, -0.05) is 30.3 Å². The van der Waals surface area contributed by atoms with Gasteiger partial charge in [-0.05, 0) is 30.9 Å². The minimum Gasteiger partial charge on any atom is -0.339 e. The van der Waals surface area contributed by atoms with Crippen LogP contribution in [0.15, 0.2) is 48.8 Å². The van der Waals surface area contributed by atoms with Crippen LogP contribution < -0.4 is 0 Å². The third-order valence-electron chi connectivity index (χ3n) is 4.54. The number of carbonyl (C=O) groups excluding carboxylic acids is 1. The second-order valence-corrected chi connectivity index (χ2v) is 6.28. The van der Waals surface area contributed by atoms with Crippen molar-refractivity contribution < 1.29 is 4.79 Å². The molecular weight excluding hydrogens is 300 g/mol. The zero-order chi connectivity index (χ0) is 16.4. The molecule has 2 aromatic heterocycles. The Morgan fingerprint density at radius 1 is 1.04 bits per heavy atom. The summed E-state index contributed by atoms with van der Waals surface area (Å²) >= 11 is 0. The van der Waals surface area contributed by atoms with Crippen molar-refractivity contribution in [2.24, 2.45) is 0 Å². The summed E-state index contributed by atoms with van der Waals surface area (Å²) in [6, 6.07) is 12.1. The first kappa shape index (κ1) is 14.9. The van der Waals surface area contributed by atoms with Crippen LogP contribution in [0.25, 0.3) is 11.0 Å². The number of piperidine rings is 1. The first-order chi connectivity index (χ1) is 11.8. The summed E-state index contributed by atoms with van der Waals surface area (Å²) in [6.45, 7) is 2.38. The van der Waals surface area contributed by atoms with E-state index in [1.807, 2.05) is 33.8 Å². The van der Waals surface area contributed by atoms with Gasteiger partial charge in [0.25, 0.3) is 5.91 Å². The Balaban J connectivity index is 1.59. The lowest BCUT2D eigenvalue weighted by Gasteiger charge is -2.26. The third-order valence-corrected chi connectivity index (χ3v) is 4.54. The molecule has 1 saturated heterocycles. The van der Waals surface area contributed by atoms with Crippen LogP contribution in [0.2, 0.25) is 0 Å². The minimum absolute atomic E-state index is 0.0832. The van der Waals surface area contributed by atoms with Crippen LogP contribution in [0.1, 0.15) is 35.2 Å². The van der Waals surface area contributed by atoms with Gasteiger partial charge in [0.2, 0.25) is 0 Å². The molecule has 1 amide bonds. The standard InChI is InChI=1S/C19H20N4O/c24-19(22-9-5-2-6-10-22)17-11-16-13-21-23(18(16)20-12-17)14-15-7-3-1-4-8-15/h1,3-4,7-8,11-13H,2,5-6,9-10,14H2. The first-order valence-corrected chi connectivity index (χ1v) is 8.46. The van der Waals surface area contributed by atoms with Crippen molar-refractivity contribution in [3.8, 4) is 0 Å². The van der Waals surface area contributed by atoms with Gasteiger partial charge in [-0.2, -0.15) is 5.10 Å². The number of carbonyl (C=O) groups is 1. The lowest BCUT2D eigenvalue weighted by atomic mass is 10.1. The number of fused-ring (bicyclic) bond motifs is 1. The molecule has 0 bridgehead atoms. The van der Waals surface area contributed by atoms with E-state index in [2.05, 4.69) is 22.2 Å². The van der Waals surface area contributed by atoms with E-state index in [1.54, 1.807) is 12.4 Å². The number of rotatable bonds is 3. The van der Waals surface area contributed by atoms with Crippen molar-refractivity contribution in [2.75, 3.05) is 13.1 Å². The molecule has 1 aliphatic rings. The van der Waals surface area contributed by atoms with Gasteiger partial charge in [-0.25, -0.2) is 9.67 Å². The fourth-order valence-electron chi connectivity index (χ4n) is 3.24. The number of hydrogen-bond acceptors (Lipinski definition) is 3. The highest BCUT2D eigenvalue weighted by Gasteiger charge is 2.19. The molecule has 0 N–H and O–H groups in total. The molecule has 3 aromatic rings. The summed E-state index contributed by atoms with van der Waals surface area (Å²) in [5.41, 5.74) is 2.65. The Labute approximate surface area is 140 Å². The molecule has 5 heteroatoms. The summed E-state index contributed by atoms with van der Waals surface area (Å²) in [7, 11) is 0. The quantitative estimate of drug-likeness (QED) is 0.745. The van der Waals surface area contributed by atoms with E-state index in [0.29, 0.717) is 12.1 Å². The van der Waals surface area contributed by atoms with Crippen molar-refractivity contribution in [3.63, 3.8) is 0 Å². The maximum atomic E-state index is 12.6. The zero-order valence-electron chi connectivity index (χ0n) is 13.6. The molecule has 1 aliphatic heterocycles. The summed E-state index contributed by atoms with van der Waals surface area (Å²) < 4.78 is 1.87. The van der Waals surface area contributed by atoms with E-state index in [-0.39, 0.29) is 5.91 Å². The van der Waals surface area contributed by atoms with Gasteiger partial charge in [0.1, 0.15) is 0 Å². The molecule has 4 rings (SSSR count). The third kappa shape index (κ3) is 2.89. The van der Waals surface area contributed by atoms with E-state index in [1.165, 1.54) is 12.0 Å². The molecular formula is C19H20N4O. The topological polar surface area (TPSA) is 51.0 Å². The number of hydrogen-bond donors (Lipinski definition) is 0. The minimum atomic E-state index is 0.0832. The number of pyridine rings is 1. The molecule has 1 fully saturated rings. The molecule has 0 radical (unpaired) electrons.